The first-order valence-electron chi connectivity index (χ1n) is 11.1. The molecule has 2 fully saturated rings. The van der Waals surface area contributed by atoms with E-state index in [9.17, 15) is 8.78 Å². The van der Waals surface area contributed by atoms with Gasteiger partial charge < -0.3 is 9.47 Å². The van der Waals surface area contributed by atoms with E-state index in [1.54, 1.807) is 0 Å². The van der Waals surface area contributed by atoms with Gasteiger partial charge in [-0.3, -0.25) is 0 Å². The van der Waals surface area contributed by atoms with E-state index in [1.807, 2.05) is 6.92 Å². The third-order valence-electron chi connectivity index (χ3n) is 6.85. The van der Waals surface area contributed by atoms with Crippen molar-refractivity contribution in [1.29, 1.82) is 0 Å². The molecule has 0 aromatic heterocycles. The summed E-state index contributed by atoms with van der Waals surface area (Å²) in [6.45, 7) is 5.27. The summed E-state index contributed by atoms with van der Waals surface area (Å²) in [5, 5.41) is 0. The summed E-state index contributed by atoms with van der Waals surface area (Å²) in [5.41, 5.74) is 0. The Morgan fingerprint density at radius 3 is 1.85 bits per heavy atom. The Bertz CT molecular complexity index is 539. The van der Waals surface area contributed by atoms with Gasteiger partial charge in [0, 0.05) is 12.8 Å². The Balaban J connectivity index is 1.43. The van der Waals surface area contributed by atoms with Crippen molar-refractivity contribution in [2.75, 3.05) is 13.2 Å². The first-order valence-corrected chi connectivity index (χ1v) is 11.1. The van der Waals surface area contributed by atoms with Gasteiger partial charge in [-0.05, 0) is 68.6 Å². The summed E-state index contributed by atoms with van der Waals surface area (Å²) in [6.07, 6.45) is 12.0. The van der Waals surface area contributed by atoms with Crippen molar-refractivity contribution in [2.45, 2.75) is 84.5 Å². The van der Waals surface area contributed by atoms with Crippen molar-refractivity contribution in [1.82, 2.24) is 0 Å². The molecule has 0 unspecified atom stereocenters. The molecule has 3 aliphatic carbocycles. The van der Waals surface area contributed by atoms with Crippen LogP contribution in [-0.4, -0.2) is 13.2 Å². The van der Waals surface area contributed by atoms with Crippen LogP contribution in [0.5, 0.6) is 0 Å². The van der Waals surface area contributed by atoms with Crippen molar-refractivity contribution in [3.63, 3.8) is 0 Å². The average Bonchev–Trinajstić information content (AvgIpc) is 2.69. The zero-order valence-corrected chi connectivity index (χ0v) is 17.1. The lowest BCUT2D eigenvalue weighted by atomic mass is 9.69. The molecule has 0 aromatic rings. The fraction of sp³-hybridized carbons (Fsp3) is 0.826. The molecule has 4 heteroatoms. The lowest BCUT2D eigenvalue weighted by Gasteiger charge is -2.37. The van der Waals surface area contributed by atoms with Crippen LogP contribution in [0, 0.1) is 23.7 Å². The molecule has 0 atom stereocenters. The van der Waals surface area contributed by atoms with Crippen LogP contribution in [0.15, 0.2) is 23.2 Å². The highest BCUT2D eigenvalue weighted by molar-refractivity contribution is 5.29. The number of hydrogen-bond donors (Lipinski definition) is 0. The average molecular weight is 383 g/mol. The molecule has 3 rings (SSSR count). The molecule has 0 radical (unpaired) electrons. The van der Waals surface area contributed by atoms with E-state index < -0.39 is 11.7 Å². The van der Waals surface area contributed by atoms with Crippen LogP contribution < -0.4 is 0 Å². The standard InChI is InChI=1S/C23H36F2O2/c1-3-14-26-20-12-13-21(23(25)22(20)24)27-15-17-6-10-19(11-7-17)18-8-4-16(2)5-9-18/h16-19H,3-15H2,1-2H3. The van der Waals surface area contributed by atoms with Gasteiger partial charge in [-0.2, -0.15) is 8.78 Å². The molecule has 0 aromatic carbocycles. The van der Waals surface area contributed by atoms with Gasteiger partial charge in [-0.25, -0.2) is 0 Å². The summed E-state index contributed by atoms with van der Waals surface area (Å²) in [6, 6.07) is 0. The first-order chi connectivity index (χ1) is 13.1. The van der Waals surface area contributed by atoms with Crippen molar-refractivity contribution in [3.05, 3.63) is 23.2 Å². The third-order valence-corrected chi connectivity index (χ3v) is 6.85. The van der Waals surface area contributed by atoms with Gasteiger partial charge in [0.2, 0.25) is 0 Å². The second kappa shape index (κ2) is 9.93. The topological polar surface area (TPSA) is 18.5 Å². The molecule has 0 aliphatic heterocycles. The predicted molar refractivity (Wildman–Crippen MR) is 104 cm³/mol. The number of rotatable bonds is 7. The van der Waals surface area contributed by atoms with E-state index in [4.69, 9.17) is 9.47 Å². The van der Waals surface area contributed by atoms with Gasteiger partial charge in [0.15, 0.2) is 11.7 Å². The van der Waals surface area contributed by atoms with Crippen LogP contribution >= 0.6 is 0 Å². The molecular weight excluding hydrogens is 346 g/mol. The predicted octanol–water partition coefficient (Wildman–Crippen LogP) is 7.22. The highest BCUT2D eigenvalue weighted by atomic mass is 19.2. The Hall–Kier alpha value is -1.06. The summed E-state index contributed by atoms with van der Waals surface area (Å²) in [7, 11) is 0. The van der Waals surface area contributed by atoms with Crippen LogP contribution in [0.4, 0.5) is 8.78 Å². The lowest BCUT2D eigenvalue weighted by molar-refractivity contribution is 0.0900. The smallest absolute Gasteiger partial charge is 0.199 e. The van der Waals surface area contributed by atoms with Crippen molar-refractivity contribution in [2.24, 2.45) is 23.7 Å². The Kier molecular flexibility index (Phi) is 7.60. The van der Waals surface area contributed by atoms with Gasteiger partial charge in [0.25, 0.3) is 0 Å². The summed E-state index contributed by atoms with van der Waals surface area (Å²) in [5.74, 6) is 1.79. The Morgan fingerprint density at radius 2 is 1.30 bits per heavy atom. The number of ether oxygens (including phenoxy) is 2. The second-order valence-electron chi connectivity index (χ2n) is 8.93. The molecule has 0 N–H and O–H groups in total. The Labute approximate surface area is 163 Å². The highest BCUT2D eigenvalue weighted by Crippen LogP contribution is 2.42. The zero-order chi connectivity index (χ0) is 19.2. The molecule has 0 amide bonds. The number of halogens is 2. The van der Waals surface area contributed by atoms with Crippen molar-refractivity contribution < 1.29 is 18.3 Å². The molecule has 0 heterocycles. The van der Waals surface area contributed by atoms with E-state index in [2.05, 4.69) is 6.92 Å². The molecular formula is C23H36F2O2. The summed E-state index contributed by atoms with van der Waals surface area (Å²) >= 11 is 0. The quantitative estimate of drug-likeness (QED) is 0.463. The highest BCUT2D eigenvalue weighted by Gasteiger charge is 2.31. The maximum absolute atomic E-state index is 14.3. The van der Waals surface area contributed by atoms with Gasteiger partial charge in [-0.15, -0.1) is 0 Å². The van der Waals surface area contributed by atoms with Crippen molar-refractivity contribution >= 4 is 0 Å². The number of hydrogen-bond acceptors (Lipinski definition) is 2. The van der Waals surface area contributed by atoms with E-state index in [1.165, 1.54) is 38.5 Å². The van der Waals surface area contributed by atoms with E-state index in [-0.39, 0.29) is 11.5 Å². The zero-order valence-electron chi connectivity index (χ0n) is 17.1. The number of allylic oxidation sites excluding steroid dienone is 4. The molecule has 154 valence electrons. The van der Waals surface area contributed by atoms with Crippen LogP contribution in [0.2, 0.25) is 0 Å². The summed E-state index contributed by atoms with van der Waals surface area (Å²) in [4.78, 5) is 0. The van der Waals surface area contributed by atoms with E-state index in [0.717, 1.165) is 37.0 Å². The Morgan fingerprint density at radius 1 is 0.778 bits per heavy atom. The van der Waals surface area contributed by atoms with E-state index >= 15 is 0 Å². The molecule has 0 bridgehead atoms. The maximum atomic E-state index is 14.3. The van der Waals surface area contributed by atoms with E-state index in [0.29, 0.717) is 32.0 Å². The fourth-order valence-corrected chi connectivity index (χ4v) is 4.99. The third kappa shape index (κ3) is 5.48. The van der Waals surface area contributed by atoms with Gasteiger partial charge in [0.05, 0.1) is 13.2 Å². The molecule has 2 saturated carbocycles. The normalized spacial score (nSPS) is 32.6. The molecule has 3 aliphatic rings. The minimum Gasteiger partial charge on any atom is -0.495 e. The minimum atomic E-state index is -0.861. The van der Waals surface area contributed by atoms with Gasteiger partial charge in [0.1, 0.15) is 11.5 Å². The molecule has 2 nitrogen and oxygen atoms in total. The van der Waals surface area contributed by atoms with Crippen LogP contribution in [0.1, 0.15) is 84.5 Å². The molecule has 0 saturated heterocycles. The lowest BCUT2D eigenvalue weighted by Crippen LogP contribution is -2.26. The minimum absolute atomic E-state index is 0.143. The monoisotopic (exact) mass is 382 g/mol. The van der Waals surface area contributed by atoms with Gasteiger partial charge in [-0.1, -0.05) is 26.7 Å². The summed E-state index contributed by atoms with van der Waals surface area (Å²) < 4.78 is 39.4. The van der Waals surface area contributed by atoms with Crippen LogP contribution in [-0.2, 0) is 9.47 Å². The maximum Gasteiger partial charge on any atom is 0.199 e. The molecule has 0 spiro atoms. The fourth-order valence-electron chi connectivity index (χ4n) is 4.99. The largest absolute Gasteiger partial charge is 0.495 e. The van der Waals surface area contributed by atoms with Crippen LogP contribution in [0.3, 0.4) is 0 Å². The molecule has 27 heavy (non-hydrogen) atoms. The van der Waals surface area contributed by atoms with Crippen LogP contribution in [0.25, 0.3) is 0 Å². The van der Waals surface area contributed by atoms with Crippen molar-refractivity contribution in [3.8, 4) is 0 Å². The first kappa shape index (κ1) is 20.7. The van der Waals surface area contributed by atoms with Gasteiger partial charge >= 0.3 is 0 Å². The SMILES string of the molecule is CCCOC1=C(F)C(F)=C(OCC2CCC(C3CCC(C)CC3)CC2)CC1. The second-order valence-corrected chi connectivity index (χ2v) is 8.93.